The Morgan fingerprint density at radius 1 is 1.23 bits per heavy atom. The third-order valence-corrected chi connectivity index (χ3v) is 5.18. The van der Waals surface area contributed by atoms with Crippen LogP contribution >= 0.6 is 0 Å². The van der Waals surface area contributed by atoms with Crippen molar-refractivity contribution in [3.63, 3.8) is 0 Å². The molecule has 1 fully saturated rings. The van der Waals surface area contributed by atoms with E-state index in [9.17, 15) is 15.0 Å². The summed E-state index contributed by atoms with van der Waals surface area (Å²) in [6.07, 6.45) is 0.557. The maximum atomic E-state index is 11.0. The van der Waals surface area contributed by atoms with E-state index in [0.29, 0.717) is 18.0 Å². The van der Waals surface area contributed by atoms with Gasteiger partial charge in [-0.25, -0.2) is 0 Å². The molecule has 0 bridgehead atoms. The second-order valence-electron chi connectivity index (χ2n) is 8.68. The van der Waals surface area contributed by atoms with Gasteiger partial charge in [0.15, 0.2) is 0 Å². The van der Waals surface area contributed by atoms with Crippen molar-refractivity contribution in [3.05, 3.63) is 24.3 Å². The molecule has 2 rings (SSSR count). The molecular weight excluding hydrogens is 332 g/mol. The predicted octanol–water partition coefficient (Wildman–Crippen LogP) is 0.982. The quantitative estimate of drug-likeness (QED) is 0.606. The van der Waals surface area contributed by atoms with Gasteiger partial charge in [0.1, 0.15) is 25.0 Å². The van der Waals surface area contributed by atoms with E-state index < -0.39 is 6.10 Å². The summed E-state index contributed by atoms with van der Waals surface area (Å²) < 4.78 is 5.70. The minimum atomic E-state index is -0.603. The predicted molar refractivity (Wildman–Crippen MR) is 101 cm³/mol. The first-order chi connectivity index (χ1) is 12.0. The summed E-state index contributed by atoms with van der Waals surface area (Å²) in [7, 11) is 0. The van der Waals surface area contributed by atoms with Crippen LogP contribution in [0.3, 0.4) is 0 Å². The summed E-state index contributed by atoms with van der Waals surface area (Å²) in [5.74, 6) is 0.537. The number of quaternary nitrogens is 1. The smallest absolute Gasteiger partial charge is 0.221 e. The third-order valence-electron chi connectivity index (χ3n) is 5.18. The summed E-state index contributed by atoms with van der Waals surface area (Å²) in [4.78, 5) is 12.3. The molecule has 1 aliphatic heterocycles. The lowest BCUT2D eigenvalue weighted by atomic mass is 9.78. The summed E-state index contributed by atoms with van der Waals surface area (Å²) in [6, 6.07) is 7.09. The SMILES string of the molecule is CC(=O)Nc1ccc(OC[C@@H](O)C[NH+]2C(C)(C)CC(O)CC2(C)C)cc1. The number of ether oxygens (including phenoxy) is 1. The van der Waals surface area contributed by atoms with E-state index in [4.69, 9.17) is 4.74 Å². The number of hydrogen-bond acceptors (Lipinski definition) is 4. The van der Waals surface area contributed by atoms with Gasteiger partial charge in [-0.15, -0.1) is 0 Å². The Morgan fingerprint density at radius 2 is 1.77 bits per heavy atom. The fourth-order valence-corrected chi connectivity index (χ4v) is 4.29. The number of aliphatic hydroxyl groups is 2. The van der Waals surface area contributed by atoms with Crippen molar-refractivity contribution in [2.75, 3.05) is 18.5 Å². The lowest BCUT2D eigenvalue weighted by molar-refractivity contribution is -1.00. The van der Waals surface area contributed by atoms with Gasteiger partial charge >= 0.3 is 0 Å². The molecule has 1 heterocycles. The number of aliphatic hydroxyl groups excluding tert-OH is 2. The van der Waals surface area contributed by atoms with Gasteiger partial charge in [-0.05, 0) is 52.0 Å². The van der Waals surface area contributed by atoms with Crippen LogP contribution in [0.25, 0.3) is 0 Å². The van der Waals surface area contributed by atoms with Crippen LogP contribution in [0.2, 0.25) is 0 Å². The Bertz CT molecular complexity index is 595. The van der Waals surface area contributed by atoms with Gasteiger partial charge in [-0.2, -0.15) is 0 Å². The van der Waals surface area contributed by atoms with E-state index in [2.05, 4.69) is 33.0 Å². The summed E-state index contributed by atoms with van der Waals surface area (Å²) >= 11 is 0. The summed E-state index contributed by atoms with van der Waals surface area (Å²) in [5.41, 5.74) is 0.495. The van der Waals surface area contributed by atoms with Crippen LogP contribution in [-0.2, 0) is 4.79 Å². The van der Waals surface area contributed by atoms with Crippen molar-refractivity contribution in [1.29, 1.82) is 0 Å². The molecule has 6 heteroatoms. The van der Waals surface area contributed by atoms with Crippen molar-refractivity contribution in [1.82, 2.24) is 0 Å². The Hall–Kier alpha value is -1.63. The summed E-state index contributed by atoms with van der Waals surface area (Å²) in [5, 5.41) is 23.3. The van der Waals surface area contributed by atoms with Crippen LogP contribution in [0.15, 0.2) is 24.3 Å². The largest absolute Gasteiger partial charge is 0.491 e. The molecule has 6 nitrogen and oxygen atoms in total. The highest BCUT2D eigenvalue weighted by molar-refractivity contribution is 5.88. The molecule has 0 spiro atoms. The van der Waals surface area contributed by atoms with Gasteiger partial charge in [0.05, 0.1) is 17.2 Å². The molecule has 1 saturated heterocycles. The molecule has 1 aromatic carbocycles. The second-order valence-corrected chi connectivity index (χ2v) is 8.68. The fraction of sp³-hybridized carbons (Fsp3) is 0.650. The lowest BCUT2D eigenvalue weighted by Gasteiger charge is -2.51. The molecule has 1 amide bonds. The van der Waals surface area contributed by atoms with E-state index in [-0.39, 0.29) is 29.7 Å². The van der Waals surface area contributed by atoms with E-state index in [0.717, 1.165) is 12.8 Å². The molecular formula is C20H33N2O4+. The Balaban J connectivity index is 1.91. The first-order valence-electron chi connectivity index (χ1n) is 9.23. The van der Waals surface area contributed by atoms with Crippen LogP contribution in [-0.4, -0.2) is 52.6 Å². The van der Waals surface area contributed by atoms with Gasteiger partial charge in [0, 0.05) is 25.5 Å². The fourth-order valence-electron chi connectivity index (χ4n) is 4.29. The zero-order valence-corrected chi connectivity index (χ0v) is 16.5. The number of carbonyl (C=O) groups excluding carboxylic acids is 1. The minimum Gasteiger partial charge on any atom is -0.491 e. The highest BCUT2D eigenvalue weighted by atomic mass is 16.5. The number of carbonyl (C=O) groups is 1. The molecule has 0 aliphatic carbocycles. The first kappa shape index (κ1) is 20.7. The lowest BCUT2D eigenvalue weighted by Crippen LogP contribution is -3.27. The topological polar surface area (TPSA) is 83.2 Å². The Morgan fingerprint density at radius 3 is 2.27 bits per heavy atom. The number of likely N-dealkylation sites (tertiary alicyclic amines) is 1. The Labute approximate surface area is 156 Å². The number of piperidine rings is 1. The van der Waals surface area contributed by atoms with Crippen molar-refractivity contribution in [2.45, 2.75) is 70.7 Å². The number of rotatable bonds is 6. The number of nitrogens with one attached hydrogen (secondary N) is 2. The van der Waals surface area contributed by atoms with E-state index in [1.54, 1.807) is 24.3 Å². The van der Waals surface area contributed by atoms with Gasteiger partial charge in [-0.1, -0.05) is 0 Å². The van der Waals surface area contributed by atoms with Crippen molar-refractivity contribution in [3.8, 4) is 5.75 Å². The van der Waals surface area contributed by atoms with Crippen LogP contribution in [0, 0.1) is 0 Å². The highest BCUT2D eigenvalue weighted by Gasteiger charge is 2.49. The third kappa shape index (κ3) is 5.43. The number of amides is 1. The molecule has 1 atom stereocenters. The molecule has 1 aliphatic rings. The van der Waals surface area contributed by atoms with Crippen molar-refractivity contribution >= 4 is 11.6 Å². The van der Waals surface area contributed by atoms with Crippen molar-refractivity contribution in [2.24, 2.45) is 0 Å². The molecule has 1 aromatic rings. The summed E-state index contributed by atoms with van der Waals surface area (Å²) in [6.45, 7) is 10.8. The van der Waals surface area contributed by atoms with Crippen LogP contribution in [0.5, 0.6) is 5.75 Å². The molecule has 4 N–H and O–H groups in total. The van der Waals surface area contributed by atoms with Crippen LogP contribution in [0.4, 0.5) is 5.69 Å². The number of hydrogen-bond donors (Lipinski definition) is 4. The van der Waals surface area contributed by atoms with E-state index in [1.807, 2.05) is 0 Å². The maximum absolute atomic E-state index is 11.0. The van der Waals surface area contributed by atoms with E-state index >= 15 is 0 Å². The van der Waals surface area contributed by atoms with Crippen molar-refractivity contribution < 1.29 is 24.6 Å². The minimum absolute atomic E-state index is 0.109. The monoisotopic (exact) mass is 365 g/mol. The zero-order valence-electron chi connectivity index (χ0n) is 16.5. The molecule has 0 unspecified atom stereocenters. The highest BCUT2D eigenvalue weighted by Crippen LogP contribution is 2.24. The van der Waals surface area contributed by atoms with Crippen LogP contribution in [0.1, 0.15) is 47.5 Å². The molecule has 0 radical (unpaired) electrons. The standard InChI is InChI=1S/C20H32N2O4/c1-14(23)21-15-6-8-18(9-7-15)26-13-17(25)12-22-19(2,3)10-16(24)11-20(22,4)5/h6-9,16-17,24-25H,10-13H2,1-5H3,(H,21,23)/p+1/t17-/m0/s1. The van der Waals surface area contributed by atoms with Gasteiger partial charge < -0.3 is 25.2 Å². The van der Waals surface area contributed by atoms with Gasteiger partial charge in [-0.3, -0.25) is 4.79 Å². The normalized spacial score (nSPS) is 25.3. The zero-order chi connectivity index (χ0) is 19.5. The van der Waals surface area contributed by atoms with Gasteiger partial charge in [0.25, 0.3) is 0 Å². The molecule has 0 aromatic heterocycles. The maximum Gasteiger partial charge on any atom is 0.221 e. The average molecular weight is 365 g/mol. The number of benzene rings is 1. The second kappa shape index (κ2) is 7.94. The Kier molecular flexibility index (Phi) is 6.32. The van der Waals surface area contributed by atoms with Crippen LogP contribution < -0.4 is 15.0 Å². The van der Waals surface area contributed by atoms with E-state index in [1.165, 1.54) is 11.8 Å². The molecule has 146 valence electrons. The molecule has 0 saturated carbocycles. The molecule has 26 heavy (non-hydrogen) atoms. The number of anilines is 1. The van der Waals surface area contributed by atoms with Gasteiger partial charge in [0.2, 0.25) is 5.91 Å². The first-order valence-corrected chi connectivity index (χ1v) is 9.23. The average Bonchev–Trinajstić information content (AvgIpc) is 2.48.